The van der Waals surface area contributed by atoms with Crippen molar-refractivity contribution >= 4 is 29.2 Å². The zero-order valence-corrected chi connectivity index (χ0v) is 13.2. The van der Waals surface area contributed by atoms with E-state index in [0.29, 0.717) is 28.0 Å². The van der Waals surface area contributed by atoms with Crippen LogP contribution in [-0.2, 0) is 6.42 Å². The molecule has 8 heteroatoms. The Balaban J connectivity index is 2.54. The van der Waals surface area contributed by atoms with Gasteiger partial charge in [0.15, 0.2) is 0 Å². The van der Waals surface area contributed by atoms with Crippen molar-refractivity contribution in [3.8, 4) is 18.0 Å². The molecule has 0 saturated heterocycles. The number of nitrogens with one attached hydrogen (secondary N) is 2. The molecule has 22 heavy (non-hydrogen) atoms. The number of anilines is 1. The summed E-state index contributed by atoms with van der Waals surface area (Å²) in [5.41, 5.74) is 5.21. The molecule has 2 aromatic rings. The van der Waals surface area contributed by atoms with Gasteiger partial charge in [-0.3, -0.25) is 5.43 Å². The fourth-order valence-electron chi connectivity index (χ4n) is 1.84. The van der Waals surface area contributed by atoms with Crippen LogP contribution in [0.1, 0.15) is 12.7 Å². The number of aromatic nitrogens is 3. The maximum Gasteiger partial charge on any atom is 0.357 e. The van der Waals surface area contributed by atoms with E-state index in [1.54, 1.807) is 18.2 Å². The molecule has 0 aliphatic carbocycles. The number of halogens is 2. The molecule has 2 rings (SSSR count). The third-order valence-electron chi connectivity index (χ3n) is 2.75. The third kappa shape index (κ3) is 3.39. The van der Waals surface area contributed by atoms with E-state index in [9.17, 15) is 4.79 Å². The van der Waals surface area contributed by atoms with Gasteiger partial charge in [-0.15, -0.1) is 6.42 Å². The Labute approximate surface area is 137 Å². The Morgan fingerprint density at radius 2 is 2.00 bits per heavy atom. The molecule has 0 unspecified atom stereocenters. The number of hydrogen-bond acceptors (Lipinski definition) is 5. The highest BCUT2D eigenvalue weighted by Crippen LogP contribution is 2.28. The molecule has 1 aromatic carbocycles. The van der Waals surface area contributed by atoms with Gasteiger partial charge in [0.25, 0.3) is 0 Å². The first-order chi connectivity index (χ1) is 10.6. The van der Waals surface area contributed by atoms with E-state index in [2.05, 4.69) is 26.7 Å². The quantitative estimate of drug-likeness (QED) is 0.496. The maximum atomic E-state index is 12.3. The molecule has 0 saturated carbocycles. The Morgan fingerprint density at radius 3 is 2.59 bits per heavy atom. The number of hydrogen-bond donors (Lipinski definition) is 2. The van der Waals surface area contributed by atoms with Gasteiger partial charge >= 0.3 is 5.69 Å². The Hall–Kier alpha value is -2.07. The topological polar surface area (TPSA) is 71.8 Å². The van der Waals surface area contributed by atoms with Gasteiger partial charge in [0.05, 0.1) is 22.3 Å². The van der Waals surface area contributed by atoms with Crippen LogP contribution in [0, 0.1) is 12.3 Å². The van der Waals surface area contributed by atoms with Crippen LogP contribution < -0.4 is 16.5 Å². The number of rotatable bonds is 5. The van der Waals surface area contributed by atoms with Crippen LogP contribution in [0.4, 0.5) is 5.95 Å². The van der Waals surface area contributed by atoms with E-state index >= 15 is 0 Å². The summed E-state index contributed by atoms with van der Waals surface area (Å²) in [5, 5.41) is 0.693. The lowest BCUT2D eigenvalue weighted by molar-refractivity contribution is 0.756. The normalized spacial score (nSPS) is 10.3. The molecule has 0 bridgehead atoms. The minimum Gasteiger partial charge on any atom is -0.289 e. The lowest BCUT2D eigenvalue weighted by Gasteiger charge is -2.14. The minimum absolute atomic E-state index is 0.136. The minimum atomic E-state index is -0.535. The molecule has 6 nitrogen and oxygen atoms in total. The number of hydrazine groups is 1. The highest BCUT2D eigenvalue weighted by molar-refractivity contribution is 6.37. The molecule has 1 aromatic heterocycles. The smallest absolute Gasteiger partial charge is 0.289 e. The van der Waals surface area contributed by atoms with Gasteiger partial charge in [0.2, 0.25) is 5.95 Å². The second-order valence-electron chi connectivity index (χ2n) is 4.19. The van der Waals surface area contributed by atoms with E-state index in [0.717, 1.165) is 0 Å². The summed E-state index contributed by atoms with van der Waals surface area (Å²) in [4.78, 5) is 20.5. The van der Waals surface area contributed by atoms with Crippen molar-refractivity contribution in [1.29, 1.82) is 0 Å². The van der Waals surface area contributed by atoms with Crippen LogP contribution >= 0.6 is 23.2 Å². The number of nitrogens with zero attached hydrogens (tertiary/aromatic N) is 3. The van der Waals surface area contributed by atoms with E-state index in [1.165, 1.54) is 4.57 Å². The molecule has 0 aliphatic heterocycles. The predicted octanol–water partition coefficient (Wildman–Crippen LogP) is 2.05. The van der Waals surface area contributed by atoms with Crippen molar-refractivity contribution in [2.45, 2.75) is 13.3 Å². The molecule has 114 valence electrons. The molecular weight excluding hydrogens is 325 g/mol. The van der Waals surface area contributed by atoms with Crippen LogP contribution in [-0.4, -0.2) is 21.1 Å². The van der Waals surface area contributed by atoms with E-state index in [4.69, 9.17) is 29.6 Å². The number of aryl methyl sites for hydroxylation is 1. The Morgan fingerprint density at radius 1 is 1.32 bits per heavy atom. The van der Waals surface area contributed by atoms with Gasteiger partial charge in [-0.05, 0) is 12.1 Å². The zero-order valence-electron chi connectivity index (χ0n) is 11.7. The largest absolute Gasteiger partial charge is 0.357 e. The molecular formula is C14H13Cl2N5O. The second kappa shape index (κ2) is 7.27. The van der Waals surface area contributed by atoms with E-state index < -0.39 is 5.69 Å². The van der Waals surface area contributed by atoms with Crippen LogP contribution in [0.15, 0.2) is 23.0 Å². The van der Waals surface area contributed by atoms with Gasteiger partial charge in [-0.2, -0.15) is 9.97 Å². The molecule has 2 N–H and O–H groups in total. The fourth-order valence-corrected chi connectivity index (χ4v) is 2.41. The van der Waals surface area contributed by atoms with Crippen molar-refractivity contribution in [1.82, 2.24) is 20.0 Å². The van der Waals surface area contributed by atoms with E-state index in [1.807, 2.05) is 6.92 Å². The lowest BCUT2D eigenvalue weighted by Crippen LogP contribution is -2.31. The summed E-state index contributed by atoms with van der Waals surface area (Å²) in [6.07, 6.45) is 5.61. The number of benzene rings is 1. The van der Waals surface area contributed by atoms with Gasteiger partial charge in [0, 0.05) is 6.42 Å². The van der Waals surface area contributed by atoms with Crippen molar-refractivity contribution in [2.75, 3.05) is 12.0 Å². The van der Waals surface area contributed by atoms with E-state index in [-0.39, 0.29) is 12.5 Å². The van der Waals surface area contributed by atoms with Crippen LogP contribution in [0.5, 0.6) is 0 Å². The maximum absolute atomic E-state index is 12.3. The van der Waals surface area contributed by atoms with Crippen molar-refractivity contribution < 1.29 is 0 Å². The number of terminal acetylenes is 1. The molecule has 0 spiro atoms. The Kier molecular flexibility index (Phi) is 5.39. The van der Waals surface area contributed by atoms with Crippen molar-refractivity contribution in [2.24, 2.45) is 0 Å². The monoisotopic (exact) mass is 337 g/mol. The van der Waals surface area contributed by atoms with Crippen molar-refractivity contribution in [3.63, 3.8) is 0 Å². The standard InChI is InChI=1S/C14H13Cl2N5O/c1-3-8-17-20-13-18-11(4-2)21(14(22)19-13)12-9(15)6-5-7-10(12)16/h1,5-7,17H,4,8H2,2H3,(H,19,20,22). The van der Waals surface area contributed by atoms with Gasteiger partial charge in [-0.1, -0.05) is 42.1 Å². The third-order valence-corrected chi connectivity index (χ3v) is 3.36. The molecule has 0 amide bonds. The molecule has 0 fully saturated rings. The summed E-state index contributed by atoms with van der Waals surface area (Å²) < 4.78 is 1.30. The molecule has 0 atom stereocenters. The Bertz CT molecular complexity index is 762. The summed E-state index contributed by atoms with van der Waals surface area (Å²) in [6.45, 7) is 2.13. The molecule has 0 aliphatic rings. The van der Waals surface area contributed by atoms with Crippen LogP contribution in [0.25, 0.3) is 5.69 Å². The first-order valence-corrected chi connectivity index (χ1v) is 7.20. The molecule has 1 heterocycles. The first-order valence-electron chi connectivity index (χ1n) is 6.45. The summed E-state index contributed by atoms with van der Waals surface area (Å²) in [6, 6.07) is 5.00. The summed E-state index contributed by atoms with van der Waals surface area (Å²) >= 11 is 12.3. The fraction of sp³-hybridized carbons (Fsp3) is 0.214. The predicted molar refractivity (Wildman–Crippen MR) is 87.5 cm³/mol. The van der Waals surface area contributed by atoms with Gasteiger partial charge in [-0.25, -0.2) is 14.8 Å². The summed E-state index contributed by atoms with van der Waals surface area (Å²) in [5.74, 6) is 2.99. The highest BCUT2D eigenvalue weighted by atomic mass is 35.5. The van der Waals surface area contributed by atoms with Crippen molar-refractivity contribution in [3.05, 3.63) is 44.6 Å². The SMILES string of the molecule is C#CCNNc1nc(CC)n(-c2c(Cl)cccc2Cl)c(=O)n1. The average molecular weight is 338 g/mol. The first kappa shape index (κ1) is 16.3. The number of para-hydroxylation sites is 1. The highest BCUT2D eigenvalue weighted by Gasteiger charge is 2.16. The zero-order chi connectivity index (χ0) is 16.1. The second-order valence-corrected chi connectivity index (χ2v) is 5.00. The average Bonchev–Trinajstić information content (AvgIpc) is 2.48. The van der Waals surface area contributed by atoms with Crippen LogP contribution in [0.3, 0.4) is 0 Å². The van der Waals surface area contributed by atoms with Gasteiger partial charge < -0.3 is 0 Å². The molecule has 0 radical (unpaired) electrons. The summed E-state index contributed by atoms with van der Waals surface area (Å²) in [7, 11) is 0. The lowest BCUT2D eigenvalue weighted by atomic mass is 10.3. The van der Waals surface area contributed by atoms with Gasteiger partial charge in [0.1, 0.15) is 5.82 Å². The van der Waals surface area contributed by atoms with Crippen LogP contribution in [0.2, 0.25) is 10.0 Å².